The van der Waals surface area contributed by atoms with Crippen LogP contribution < -0.4 is 10.6 Å². The molecule has 2 N–H and O–H groups in total. The molecule has 2 aromatic rings. The number of benzene rings is 1. The second kappa shape index (κ2) is 9.22. The Balaban J connectivity index is 1.81. The Labute approximate surface area is 141 Å². The zero-order valence-corrected chi connectivity index (χ0v) is 14.1. The summed E-state index contributed by atoms with van der Waals surface area (Å²) in [6.45, 7) is 1.33. The van der Waals surface area contributed by atoms with Crippen LogP contribution in [0.4, 0.5) is 0 Å². The fourth-order valence-electron chi connectivity index (χ4n) is 2.21. The molecule has 124 valence electrons. The predicted octanol–water partition coefficient (Wildman–Crippen LogP) is 3.03. The van der Waals surface area contributed by atoms with E-state index in [1.807, 2.05) is 36.4 Å². The molecular formula is C17H22ClN3O2. The van der Waals surface area contributed by atoms with Crippen LogP contribution in [-0.2, 0) is 11.2 Å². The molecule has 0 spiro atoms. The van der Waals surface area contributed by atoms with Crippen molar-refractivity contribution in [3.05, 3.63) is 59.0 Å². The lowest BCUT2D eigenvalue weighted by molar-refractivity contribution is 0.106. The van der Waals surface area contributed by atoms with Crippen molar-refractivity contribution >= 4 is 17.6 Å². The number of ether oxygens (including phenoxy) is 1. The van der Waals surface area contributed by atoms with Gasteiger partial charge in [0.2, 0.25) is 0 Å². The summed E-state index contributed by atoms with van der Waals surface area (Å²) in [6, 6.07) is 11.5. The van der Waals surface area contributed by atoms with Gasteiger partial charge >= 0.3 is 0 Å². The van der Waals surface area contributed by atoms with E-state index in [9.17, 15) is 0 Å². The monoisotopic (exact) mass is 335 g/mol. The number of nitrogens with one attached hydrogen (secondary N) is 2. The first-order valence-corrected chi connectivity index (χ1v) is 7.86. The van der Waals surface area contributed by atoms with Crippen molar-refractivity contribution in [3.63, 3.8) is 0 Å². The van der Waals surface area contributed by atoms with Gasteiger partial charge < -0.3 is 19.8 Å². The number of furan rings is 1. The number of rotatable bonds is 7. The minimum absolute atomic E-state index is 0.0997. The second-order valence-corrected chi connectivity index (χ2v) is 5.43. The van der Waals surface area contributed by atoms with Crippen LogP contribution in [0, 0.1) is 0 Å². The van der Waals surface area contributed by atoms with Crippen LogP contribution in [0.25, 0.3) is 0 Å². The standard InChI is InChI=1S/C17H22ClN3O2/c1-19-17(20-9-8-15-7-4-10-23-15)21-12-16(22-2)13-5-3-6-14(18)11-13/h3-7,10-11,16H,8-9,12H2,1-2H3,(H2,19,20,21). The smallest absolute Gasteiger partial charge is 0.191 e. The third kappa shape index (κ3) is 5.62. The van der Waals surface area contributed by atoms with Crippen LogP contribution in [-0.4, -0.2) is 33.2 Å². The Morgan fingerprint density at radius 1 is 1.30 bits per heavy atom. The first-order valence-electron chi connectivity index (χ1n) is 7.48. The van der Waals surface area contributed by atoms with E-state index in [1.54, 1.807) is 20.4 Å². The van der Waals surface area contributed by atoms with Gasteiger partial charge in [-0.15, -0.1) is 0 Å². The van der Waals surface area contributed by atoms with E-state index in [0.29, 0.717) is 11.6 Å². The number of hydrogen-bond donors (Lipinski definition) is 2. The van der Waals surface area contributed by atoms with Gasteiger partial charge in [0.1, 0.15) is 5.76 Å². The van der Waals surface area contributed by atoms with Gasteiger partial charge in [-0.25, -0.2) is 0 Å². The minimum atomic E-state index is -0.0997. The molecule has 0 aliphatic carbocycles. The minimum Gasteiger partial charge on any atom is -0.469 e. The number of aliphatic imine (C=N–C) groups is 1. The fraction of sp³-hybridized carbons (Fsp3) is 0.353. The molecular weight excluding hydrogens is 314 g/mol. The van der Waals surface area contributed by atoms with E-state index in [2.05, 4.69) is 15.6 Å². The van der Waals surface area contributed by atoms with Crippen LogP contribution in [0.5, 0.6) is 0 Å². The lowest BCUT2D eigenvalue weighted by Crippen LogP contribution is -2.40. The molecule has 0 saturated heterocycles. The summed E-state index contributed by atoms with van der Waals surface area (Å²) in [6.07, 6.45) is 2.38. The molecule has 2 rings (SSSR count). The number of hydrogen-bond acceptors (Lipinski definition) is 3. The third-order valence-electron chi connectivity index (χ3n) is 3.43. The van der Waals surface area contributed by atoms with Crippen molar-refractivity contribution in [2.24, 2.45) is 4.99 Å². The van der Waals surface area contributed by atoms with Gasteiger partial charge in [0, 0.05) is 38.7 Å². The average molecular weight is 336 g/mol. The molecule has 0 amide bonds. The van der Waals surface area contributed by atoms with Gasteiger partial charge in [-0.05, 0) is 29.8 Å². The van der Waals surface area contributed by atoms with Crippen molar-refractivity contribution in [3.8, 4) is 0 Å². The number of nitrogens with zero attached hydrogens (tertiary/aromatic N) is 1. The molecule has 1 aromatic carbocycles. The Hall–Kier alpha value is -1.98. The maximum atomic E-state index is 6.03. The topological polar surface area (TPSA) is 58.8 Å². The summed E-state index contributed by atoms with van der Waals surface area (Å²) in [5, 5.41) is 7.21. The summed E-state index contributed by atoms with van der Waals surface area (Å²) < 4.78 is 10.8. The van der Waals surface area contributed by atoms with E-state index in [-0.39, 0.29) is 6.10 Å². The number of guanidine groups is 1. The van der Waals surface area contributed by atoms with Crippen molar-refractivity contribution in [1.29, 1.82) is 0 Å². The third-order valence-corrected chi connectivity index (χ3v) is 3.66. The molecule has 0 saturated carbocycles. The van der Waals surface area contributed by atoms with Crippen LogP contribution in [0.1, 0.15) is 17.4 Å². The Morgan fingerprint density at radius 2 is 2.17 bits per heavy atom. The van der Waals surface area contributed by atoms with Gasteiger partial charge in [-0.1, -0.05) is 23.7 Å². The van der Waals surface area contributed by atoms with Crippen LogP contribution in [0.3, 0.4) is 0 Å². The summed E-state index contributed by atoms with van der Waals surface area (Å²) in [4.78, 5) is 4.21. The molecule has 1 aromatic heterocycles. The molecule has 23 heavy (non-hydrogen) atoms. The van der Waals surface area contributed by atoms with Crippen molar-refractivity contribution in [2.75, 3.05) is 27.2 Å². The maximum absolute atomic E-state index is 6.03. The lowest BCUT2D eigenvalue weighted by atomic mass is 10.1. The highest BCUT2D eigenvalue weighted by Crippen LogP contribution is 2.19. The zero-order valence-electron chi connectivity index (χ0n) is 13.4. The summed E-state index contributed by atoms with van der Waals surface area (Å²) in [5.74, 6) is 1.67. The van der Waals surface area contributed by atoms with Gasteiger partial charge in [0.05, 0.1) is 12.4 Å². The fourth-order valence-corrected chi connectivity index (χ4v) is 2.41. The first-order chi connectivity index (χ1) is 11.2. The van der Waals surface area contributed by atoms with E-state index in [0.717, 1.165) is 30.2 Å². The molecule has 1 atom stereocenters. The molecule has 1 unspecified atom stereocenters. The van der Waals surface area contributed by atoms with Gasteiger partial charge in [0.25, 0.3) is 0 Å². The van der Waals surface area contributed by atoms with Crippen molar-refractivity contribution in [1.82, 2.24) is 10.6 Å². The highest BCUT2D eigenvalue weighted by atomic mass is 35.5. The van der Waals surface area contributed by atoms with E-state index >= 15 is 0 Å². The zero-order chi connectivity index (χ0) is 16.5. The molecule has 0 fully saturated rings. The van der Waals surface area contributed by atoms with Gasteiger partial charge in [-0.3, -0.25) is 4.99 Å². The largest absolute Gasteiger partial charge is 0.469 e. The SMILES string of the molecule is CN=C(NCCc1ccco1)NCC(OC)c1cccc(Cl)c1. The Morgan fingerprint density at radius 3 is 2.83 bits per heavy atom. The van der Waals surface area contributed by atoms with Crippen LogP contribution in [0.2, 0.25) is 5.02 Å². The second-order valence-electron chi connectivity index (χ2n) is 4.99. The molecule has 0 aliphatic heterocycles. The molecule has 1 heterocycles. The summed E-state index contributed by atoms with van der Waals surface area (Å²) >= 11 is 6.03. The van der Waals surface area contributed by atoms with Crippen LogP contribution >= 0.6 is 11.6 Å². The quantitative estimate of drug-likeness (QED) is 0.603. The van der Waals surface area contributed by atoms with E-state index in [4.69, 9.17) is 20.8 Å². The summed E-state index contributed by atoms with van der Waals surface area (Å²) in [7, 11) is 3.42. The Kier molecular flexibility index (Phi) is 6.97. The normalized spacial score (nSPS) is 12.9. The lowest BCUT2D eigenvalue weighted by Gasteiger charge is -2.19. The highest BCUT2D eigenvalue weighted by molar-refractivity contribution is 6.30. The van der Waals surface area contributed by atoms with E-state index in [1.165, 1.54) is 0 Å². The molecule has 5 nitrogen and oxygen atoms in total. The van der Waals surface area contributed by atoms with Gasteiger partial charge in [-0.2, -0.15) is 0 Å². The van der Waals surface area contributed by atoms with E-state index < -0.39 is 0 Å². The van der Waals surface area contributed by atoms with Crippen LogP contribution in [0.15, 0.2) is 52.1 Å². The Bertz CT molecular complexity index is 614. The molecule has 0 radical (unpaired) electrons. The number of methoxy groups -OCH3 is 1. The van der Waals surface area contributed by atoms with Crippen molar-refractivity contribution in [2.45, 2.75) is 12.5 Å². The molecule has 0 bridgehead atoms. The van der Waals surface area contributed by atoms with Crippen molar-refractivity contribution < 1.29 is 9.15 Å². The maximum Gasteiger partial charge on any atom is 0.191 e. The first kappa shape index (κ1) is 17.4. The molecule has 6 heteroatoms. The highest BCUT2D eigenvalue weighted by Gasteiger charge is 2.11. The summed E-state index contributed by atoms with van der Waals surface area (Å²) in [5.41, 5.74) is 1.03. The average Bonchev–Trinajstić information content (AvgIpc) is 3.07. The molecule has 0 aliphatic rings. The predicted molar refractivity (Wildman–Crippen MR) is 93.0 cm³/mol. The van der Waals surface area contributed by atoms with Gasteiger partial charge in [0.15, 0.2) is 5.96 Å². The number of halogens is 1.